The number of anilines is 3. The first-order chi connectivity index (χ1) is 37.3. The molecule has 3 heterocycles. The second kappa shape index (κ2) is 33.2. The first kappa shape index (κ1) is 66.7. The maximum atomic E-state index is 14.2. The van der Waals surface area contributed by atoms with Gasteiger partial charge in [0.25, 0.3) is 5.69 Å². The Morgan fingerprint density at radius 3 is 1.66 bits per heavy atom. The predicted octanol–water partition coefficient (Wildman–Crippen LogP) is 13.6. The van der Waals surface area contributed by atoms with Crippen molar-refractivity contribution in [2.24, 2.45) is 17.8 Å². The number of nitro groups is 2. The van der Waals surface area contributed by atoms with Gasteiger partial charge in [-0.05, 0) is 131 Å². The Bertz CT molecular complexity index is 2600. The Labute approximate surface area is 483 Å². The number of halogens is 5. The minimum absolute atomic E-state index is 0.0939. The van der Waals surface area contributed by atoms with Crippen molar-refractivity contribution in [3.8, 4) is 0 Å². The molecule has 0 aromatic heterocycles. The topological polar surface area (TPSA) is 199 Å². The van der Waals surface area contributed by atoms with Crippen LogP contribution < -0.4 is 20.4 Å². The van der Waals surface area contributed by atoms with Gasteiger partial charge in [0, 0.05) is 103 Å². The number of aliphatic carboxylic acids is 1. The van der Waals surface area contributed by atoms with Crippen LogP contribution in [0.4, 0.5) is 41.6 Å². The zero-order valence-corrected chi connectivity index (χ0v) is 50.4. The maximum Gasteiger partial charge on any atom is 0.319 e. The van der Waals surface area contributed by atoms with Gasteiger partial charge in [0.05, 0.1) is 27.6 Å². The molecule has 4 aromatic rings. The highest BCUT2D eigenvalue weighted by Crippen LogP contribution is 2.40. The van der Waals surface area contributed by atoms with Crippen molar-refractivity contribution in [2.45, 2.75) is 128 Å². The average Bonchev–Trinajstić information content (AvgIpc) is 3.42. The Morgan fingerprint density at radius 1 is 0.684 bits per heavy atom. The van der Waals surface area contributed by atoms with Gasteiger partial charge in [0.2, 0.25) is 11.7 Å². The van der Waals surface area contributed by atoms with Crippen LogP contribution in [0.25, 0.3) is 0 Å². The van der Waals surface area contributed by atoms with Gasteiger partial charge >= 0.3 is 11.7 Å². The highest BCUT2D eigenvalue weighted by Gasteiger charge is 2.31. The molecule has 0 aliphatic carbocycles. The summed E-state index contributed by atoms with van der Waals surface area (Å²) < 4.78 is 56.4. The van der Waals surface area contributed by atoms with Crippen molar-refractivity contribution in [3.05, 3.63) is 125 Å². The fourth-order valence-corrected chi connectivity index (χ4v) is 10.5. The number of carbonyl (C=O) groups is 2. The Morgan fingerprint density at radius 2 is 1.18 bits per heavy atom. The number of amides is 1. The number of hydrogen-bond acceptors (Lipinski definition) is 13. The third-order valence-electron chi connectivity index (χ3n) is 12.8. The number of ether oxygens (including phenoxy) is 3. The first-order valence-corrected chi connectivity index (χ1v) is 29.1. The smallest absolute Gasteiger partial charge is 0.319 e. The van der Waals surface area contributed by atoms with Gasteiger partial charge in [0.15, 0.2) is 0 Å². The van der Waals surface area contributed by atoms with Crippen LogP contribution in [0, 0.1) is 55.4 Å². The van der Waals surface area contributed by atoms with E-state index in [0.29, 0.717) is 57.9 Å². The molecule has 3 aliphatic rings. The molecule has 16 nitrogen and oxygen atoms in total. The normalized spacial score (nSPS) is 15.2. The van der Waals surface area contributed by atoms with Crippen LogP contribution in [-0.4, -0.2) is 109 Å². The van der Waals surface area contributed by atoms with Gasteiger partial charge in [-0.3, -0.25) is 29.8 Å². The third-order valence-corrected chi connectivity index (χ3v) is 14.9. The summed E-state index contributed by atoms with van der Waals surface area (Å²) in [6, 6.07) is 18.8. The van der Waals surface area contributed by atoms with Gasteiger partial charge in [-0.25, -0.2) is 8.78 Å². The molecule has 3 N–H and O–H groups in total. The van der Waals surface area contributed by atoms with Crippen LogP contribution in [0.15, 0.2) is 86.6 Å². The van der Waals surface area contributed by atoms with E-state index in [1.165, 1.54) is 36.7 Å². The molecule has 3 saturated heterocycles. The molecule has 436 valence electrons. The van der Waals surface area contributed by atoms with Gasteiger partial charge < -0.3 is 39.8 Å². The van der Waals surface area contributed by atoms with Crippen molar-refractivity contribution >= 4 is 83.9 Å². The largest absolute Gasteiger partial charge is 0.480 e. The summed E-state index contributed by atoms with van der Waals surface area (Å²) in [5.41, 5.74) is 1.80. The van der Waals surface area contributed by atoms with E-state index in [1.807, 2.05) is 24.3 Å². The van der Waals surface area contributed by atoms with Gasteiger partial charge in [-0.2, -0.15) is 4.39 Å². The van der Waals surface area contributed by atoms with E-state index < -0.39 is 44.7 Å². The molecule has 1 amide bonds. The number of nitro benzene ring substituents is 2. The highest BCUT2D eigenvalue weighted by atomic mass is 79.9. The van der Waals surface area contributed by atoms with E-state index in [0.717, 1.165) is 112 Å². The van der Waals surface area contributed by atoms with E-state index in [-0.39, 0.29) is 28.6 Å². The lowest BCUT2D eigenvalue weighted by Gasteiger charge is -2.38. The van der Waals surface area contributed by atoms with Gasteiger partial charge in [-0.15, -0.1) is 11.8 Å². The van der Waals surface area contributed by atoms with E-state index in [9.17, 15) is 48.1 Å². The number of nitrogens with one attached hydrogen (secondary N) is 2. The highest BCUT2D eigenvalue weighted by molar-refractivity contribution is 9.10. The molecule has 0 bridgehead atoms. The van der Waals surface area contributed by atoms with Crippen molar-refractivity contribution in [2.75, 3.05) is 74.4 Å². The molecule has 3 fully saturated rings. The summed E-state index contributed by atoms with van der Waals surface area (Å²) in [6.45, 7) is 23.6. The monoisotopic (exact) mass is 1250 g/mol. The molecular weight excluding hydrogens is 1180 g/mol. The standard InChI is InChI=1S/C27H34F2N2O4S.C15H21BrN2O3.C9H19NO.C6H3BrFNO2/c1-17(2)16-31(20-9-11-35-12-10-20)24-8-7-21(36-27(3,4)26(33)34)15-23(24)30-25(32)13-18-5-6-19(28)14-22(18)29;1-11(2)10-17(13-5-7-21-8-6-13)14-4-3-12(16)9-15(14)18(19)20;1-8(2)7-10-9-3-5-11-6-4-9;7-4-1-2-5(8)6(3-4)9(10)11/h5-8,14-15,17,20H,9-13,16H2,1-4H3,(H,30,32)(H,33,34);3-4,9,11,13H,5-8,10H2,1-2H3;8-10H,3-7H2,1-2H3;1-3H. The lowest BCUT2D eigenvalue weighted by atomic mass is 10.0. The van der Waals surface area contributed by atoms with Crippen LogP contribution in [0.1, 0.15) is 99.5 Å². The van der Waals surface area contributed by atoms with Crippen LogP contribution in [-0.2, 0) is 30.2 Å². The van der Waals surface area contributed by atoms with E-state index in [2.05, 4.69) is 93.8 Å². The lowest BCUT2D eigenvalue weighted by Crippen LogP contribution is -2.42. The summed E-state index contributed by atoms with van der Waals surface area (Å²) in [6.07, 6.45) is 5.65. The number of carboxylic acids is 1. The van der Waals surface area contributed by atoms with Crippen LogP contribution >= 0.6 is 43.6 Å². The van der Waals surface area contributed by atoms with E-state index in [4.69, 9.17) is 14.2 Å². The maximum absolute atomic E-state index is 14.2. The molecule has 7 rings (SSSR count). The summed E-state index contributed by atoms with van der Waals surface area (Å²) in [7, 11) is 0. The van der Waals surface area contributed by atoms with E-state index in [1.54, 1.807) is 26.0 Å². The van der Waals surface area contributed by atoms with Gasteiger partial charge in [-0.1, -0.05) is 79.5 Å². The van der Waals surface area contributed by atoms with Crippen molar-refractivity contribution < 1.29 is 51.9 Å². The summed E-state index contributed by atoms with van der Waals surface area (Å²) in [5.74, 6) is -2.14. The lowest BCUT2D eigenvalue weighted by molar-refractivity contribution is -0.387. The number of thioether (sulfide) groups is 1. The molecule has 0 atom stereocenters. The second-order valence-corrected chi connectivity index (χ2v) is 24.8. The van der Waals surface area contributed by atoms with E-state index >= 15 is 0 Å². The zero-order chi connectivity index (χ0) is 58.4. The summed E-state index contributed by atoms with van der Waals surface area (Å²) >= 11 is 7.49. The molecule has 22 heteroatoms. The number of nitrogens with zero attached hydrogens (tertiary/aromatic N) is 4. The minimum atomic E-state index is -1.07. The third kappa shape index (κ3) is 22.9. The molecule has 0 unspecified atom stereocenters. The number of rotatable bonds is 19. The molecule has 3 aliphatic heterocycles. The summed E-state index contributed by atoms with van der Waals surface area (Å²) in [4.78, 5) is 50.3. The number of carboxylic acid groups (broad SMARTS) is 1. The minimum Gasteiger partial charge on any atom is -0.480 e. The van der Waals surface area contributed by atoms with Crippen molar-refractivity contribution in [3.63, 3.8) is 0 Å². The molecule has 79 heavy (non-hydrogen) atoms. The van der Waals surface area contributed by atoms with Crippen LogP contribution in [0.5, 0.6) is 0 Å². The second-order valence-electron chi connectivity index (χ2n) is 21.3. The molecular formula is C57H77Br2F3N6O10S. The fraction of sp³-hybridized carbons (Fsp3) is 0.544. The van der Waals surface area contributed by atoms with Gasteiger partial charge in [0.1, 0.15) is 22.1 Å². The Kier molecular flexibility index (Phi) is 28.0. The number of hydrogen-bond donors (Lipinski definition) is 3. The number of carbonyl (C=O) groups excluding carboxylic acids is 1. The number of benzene rings is 4. The molecule has 0 saturated carbocycles. The molecule has 4 aromatic carbocycles. The summed E-state index contributed by atoms with van der Waals surface area (Å²) in [5, 5.41) is 37.5. The predicted molar refractivity (Wildman–Crippen MR) is 313 cm³/mol. The first-order valence-electron chi connectivity index (χ1n) is 26.7. The fourth-order valence-electron chi connectivity index (χ4n) is 8.78. The Hall–Kier alpha value is -4.84. The SMILES string of the molecule is CC(C)CN(c1ccc(Br)cc1[N+](=O)[O-])C1CCOCC1.CC(C)CN(c1ccc(SC(C)(C)C(=O)O)cc1NC(=O)Cc1ccc(F)cc1F)C1CCOCC1.CC(C)CNC1CCOCC1.O=[N+]([O-])c1cc(Br)ccc1F. The quantitative estimate of drug-likeness (QED) is 0.0455. The Balaban J connectivity index is 0.000000260. The van der Waals surface area contributed by atoms with Crippen LogP contribution in [0.2, 0.25) is 0 Å². The van der Waals surface area contributed by atoms with Crippen molar-refractivity contribution in [1.82, 2.24) is 5.32 Å². The molecule has 0 radical (unpaired) electrons. The van der Waals surface area contributed by atoms with Crippen molar-refractivity contribution in [1.29, 1.82) is 0 Å². The van der Waals surface area contributed by atoms with Crippen LogP contribution in [0.3, 0.4) is 0 Å². The molecule has 0 spiro atoms. The zero-order valence-electron chi connectivity index (χ0n) is 46.4. The average molecular weight is 1260 g/mol.